The molecule has 0 fully saturated rings. The second-order valence-electron chi connectivity index (χ2n) is 3.73. The predicted molar refractivity (Wildman–Crippen MR) is 66.6 cm³/mol. The summed E-state index contributed by atoms with van der Waals surface area (Å²) in [6, 6.07) is 7.74. The van der Waals surface area contributed by atoms with E-state index in [0.717, 1.165) is 5.69 Å². The third kappa shape index (κ3) is 2.54. The van der Waals surface area contributed by atoms with Gasteiger partial charge in [-0.2, -0.15) is 5.10 Å². The summed E-state index contributed by atoms with van der Waals surface area (Å²) in [6.45, 7) is 0. The highest BCUT2D eigenvalue weighted by Crippen LogP contribution is 2.15. The number of anilines is 2. The molecule has 3 rings (SSSR count). The maximum atomic E-state index is 12.8. The number of nitrogens with zero attached hydrogens (tertiary/aromatic N) is 5. The molecule has 6 nitrogen and oxygen atoms in total. The minimum atomic E-state index is -0.281. The topological polar surface area (TPSA) is 68.5 Å². The van der Waals surface area contributed by atoms with Crippen LogP contribution < -0.4 is 5.32 Å². The van der Waals surface area contributed by atoms with Crippen LogP contribution >= 0.6 is 0 Å². The van der Waals surface area contributed by atoms with Crippen molar-refractivity contribution in [1.82, 2.24) is 24.7 Å². The quantitative estimate of drug-likeness (QED) is 0.775. The van der Waals surface area contributed by atoms with Gasteiger partial charge in [-0.15, -0.1) is 0 Å². The number of hydrogen-bond acceptors (Lipinski definition) is 5. The molecule has 0 saturated carbocycles. The van der Waals surface area contributed by atoms with Crippen LogP contribution in [0.3, 0.4) is 0 Å². The second-order valence-corrected chi connectivity index (χ2v) is 3.73. The Balaban J connectivity index is 1.85. The molecule has 19 heavy (non-hydrogen) atoms. The molecule has 1 N–H and O–H groups in total. The first-order chi connectivity index (χ1) is 9.31. The zero-order valence-corrected chi connectivity index (χ0v) is 9.73. The van der Waals surface area contributed by atoms with Gasteiger partial charge in [-0.1, -0.05) is 0 Å². The van der Waals surface area contributed by atoms with E-state index in [4.69, 9.17) is 0 Å². The van der Waals surface area contributed by atoms with Crippen molar-refractivity contribution < 1.29 is 4.39 Å². The van der Waals surface area contributed by atoms with Crippen molar-refractivity contribution in [2.24, 2.45) is 0 Å². The van der Waals surface area contributed by atoms with Gasteiger partial charge in [0.1, 0.15) is 30.6 Å². The normalized spacial score (nSPS) is 10.4. The van der Waals surface area contributed by atoms with Gasteiger partial charge < -0.3 is 5.32 Å². The smallest absolute Gasteiger partial charge is 0.160 e. The number of benzene rings is 1. The van der Waals surface area contributed by atoms with Gasteiger partial charge in [0.05, 0.1) is 0 Å². The Kier molecular flexibility index (Phi) is 2.85. The third-order valence-electron chi connectivity index (χ3n) is 2.42. The van der Waals surface area contributed by atoms with Gasteiger partial charge in [-0.3, -0.25) is 0 Å². The lowest BCUT2D eigenvalue weighted by atomic mass is 10.3. The molecule has 2 aromatic heterocycles. The van der Waals surface area contributed by atoms with E-state index in [1.165, 1.54) is 29.5 Å². The molecule has 0 radical (unpaired) electrons. The van der Waals surface area contributed by atoms with E-state index in [2.05, 4.69) is 25.4 Å². The van der Waals surface area contributed by atoms with Crippen molar-refractivity contribution in [3.05, 3.63) is 55.1 Å². The molecule has 2 heterocycles. The highest BCUT2D eigenvalue weighted by atomic mass is 19.1. The van der Waals surface area contributed by atoms with Gasteiger partial charge in [0, 0.05) is 11.8 Å². The Morgan fingerprint density at radius 3 is 2.63 bits per heavy atom. The van der Waals surface area contributed by atoms with Crippen molar-refractivity contribution in [3.8, 4) is 5.82 Å². The Hall–Kier alpha value is -2.83. The second kappa shape index (κ2) is 4.81. The molecule has 0 amide bonds. The Morgan fingerprint density at radius 2 is 1.89 bits per heavy atom. The first-order valence-electron chi connectivity index (χ1n) is 5.51. The highest BCUT2D eigenvalue weighted by Gasteiger charge is 2.02. The molecule has 0 bridgehead atoms. The van der Waals surface area contributed by atoms with E-state index in [0.29, 0.717) is 11.6 Å². The number of rotatable bonds is 3. The molecule has 0 saturated heterocycles. The van der Waals surface area contributed by atoms with Crippen LogP contribution in [-0.2, 0) is 0 Å². The summed E-state index contributed by atoms with van der Waals surface area (Å²) in [6.07, 6.45) is 4.39. The van der Waals surface area contributed by atoms with Gasteiger partial charge in [-0.05, 0) is 24.3 Å². The van der Waals surface area contributed by atoms with E-state index in [9.17, 15) is 4.39 Å². The Morgan fingerprint density at radius 1 is 1.05 bits per heavy atom. The molecular formula is C12H9FN6. The fourth-order valence-electron chi connectivity index (χ4n) is 1.55. The molecular weight excluding hydrogens is 247 g/mol. The molecule has 1 aromatic carbocycles. The first-order valence-corrected chi connectivity index (χ1v) is 5.51. The maximum Gasteiger partial charge on any atom is 0.160 e. The minimum absolute atomic E-state index is 0.281. The van der Waals surface area contributed by atoms with Crippen LogP contribution in [0.4, 0.5) is 15.9 Å². The van der Waals surface area contributed by atoms with Crippen LogP contribution in [0.25, 0.3) is 5.82 Å². The maximum absolute atomic E-state index is 12.8. The van der Waals surface area contributed by atoms with E-state index in [1.807, 2.05) is 0 Å². The standard InChI is InChI=1S/C12H9FN6/c13-9-1-3-10(4-2-9)18-11-5-12(16-7-15-11)19-8-14-6-17-19/h1-8H,(H,15,16,18). The van der Waals surface area contributed by atoms with E-state index >= 15 is 0 Å². The molecule has 3 aromatic rings. The van der Waals surface area contributed by atoms with Gasteiger partial charge >= 0.3 is 0 Å². The van der Waals surface area contributed by atoms with Crippen LogP contribution in [0.15, 0.2) is 49.3 Å². The Labute approximate surface area is 108 Å². The fourth-order valence-corrected chi connectivity index (χ4v) is 1.55. The van der Waals surface area contributed by atoms with Crippen molar-refractivity contribution in [1.29, 1.82) is 0 Å². The lowest BCUT2D eigenvalue weighted by Crippen LogP contribution is -2.01. The van der Waals surface area contributed by atoms with Crippen molar-refractivity contribution in [3.63, 3.8) is 0 Å². The molecule has 94 valence electrons. The molecule has 0 aliphatic carbocycles. The Bertz CT molecular complexity index is 665. The number of hydrogen-bond donors (Lipinski definition) is 1. The zero-order valence-electron chi connectivity index (χ0n) is 9.73. The summed E-state index contributed by atoms with van der Waals surface area (Å²) in [4.78, 5) is 12.0. The highest BCUT2D eigenvalue weighted by molar-refractivity contribution is 5.56. The molecule has 7 heteroatoms. The van der Waals surface area contributed by atoms with E-state index in [-0.39, 0.29) is 5.82 Å². The monoisotopic (exact) mass is 256 g/mol. The third-order valence-corrected chi connectivity index (χ3v) is 2.42. The molecule has 0 unspecified atom stereocenters. The molecule has 0 atom stereocenters. The van der Waals surface area contributed by atoms with Gasteiger partial charge in [0.25, 0.3) is 0 Å². The van der Waals surface area contributed by atoms with Crippen molar-refractivity contribution in [2.45, 2.75) is 0 Å². The lowest BCUT2D eigenvalue weighted by molar-refractivity contribution is 0.628. The average Bonchev–Trinajstić information content (AvgIpc) is 2.96. The number of halogens is 1. The zero-order chi connectivity index (χ0) is 13.1. The average molecular weight is 256 g/mol. The van der Waals surface area contributed by atoms with Crippen LogP contribution in [0.2, 0.25) is 0 Å². The van der Waals surface area contributed by atoms with Gasteiger partial charge in [0.15, 0.2) is 5.82 Å². The minimum Gasteiger partial charge on any atom is -0.340 e. The SMILES string of the molecule is Fc1ccc(Nc2cc(-n3cncn3)ncn2)cc1. The largest absolute Gasteiger partial charge is 0.340 e. The van der Waals surface area contributed by atoms with Crippen molar-refractivity contribution in [2.75, 3.05) is 5.32 Å². The molecule has 0 aliphatic heterocycles. The number of nitrogens with one attached hydrogen (secondary N) is 1. The number of aromatic nitrogens is 5. The summed E-state index contributed by atoms with van der Waals surface area (Å²) in [7, 11) is 0. The van der Waals surface area contributed by atoms with Gasteiger partial charge in [0.2, 0.25) is 0 Å². The van der Waals surface area contributed by atoms with Crippen LogP contribution in [0.5, 0.6) is 0 Å². The van der Waals surface area contributed by atoms with Crippen molar-refractivity contribution >= 4 is 11.5 Å². The summed E-state index contributed by atoms with van der Waals surface area (Å²) >= 11 is 0. The summed E-state index contributed by atoms with van der Waals surface area (Å²) < 4.78 is 14.3. The predicted octanol–water partition coefficient (Wildman–Crippen LogP) is 1.94. The molecule has 0 aliphatic rings. The fraction of sp³-hybridized carbons (Fsp3) is 0. The van der Waals surface area contributed by atoms with E-state index in [1.54, 1.807) is 24.5 Å². The summed E-state index contributed by atoms with van der Waals surface area (Å²) in [5.74, 6) is 0.903. The lowest BCUT2D eigenvalue weighted by Gasteiger charge is -2.06. The van der Waals surface area contributed by atoms with E-state index < -0.39 is 0 Å². The molecule has 0 spiro atoms. The van der Waals surface area contributed by atoms with Crippen LogP contribution in [-0.4, -0.2) is 24.7 Å². The first kappa shape index (κ1) is 11.3. The van der Waals surface area contributed by atoms with Crippen LogP contribution in [0.1, 0.15) is 0 Å². The van der Waals surface area contributed by atoms with Gasteiger partial charge in [-0.25, -0.2) is 24.0 Å². The van der Waals surface area contributed by atoms with Crippen LogP contribution in [0, 0.1) is 5.82 Å². The summed E-state index contributed by atoms with van der Waals surface area (Å²) in [5.41, 5.74) is 0.740. The summed E-state index contributed by atoms with van der Waals surface area (Å²) in [5, 5.41) is 7.04.